The summed E-state index contributed by atoms with van der Waals surface area (Å²) in [5.41, 5.74) is 2.83. The van der Waals surface area contributed by atoms with Gasteiger partial charge in [-0.2, -0.15) is 0 Å². The van der Waals surface area contributed by atoms with E-state index >= 15 is 0 Å². The minimum absolute atomic E-state index is 0.462. The number of aromatic nitrogens is 1. The minimum atomic E-state index is -0.829. The van der Waals surface area contributed by atoms with Crippen molar-refractivity contribution in [2.45, 2.75) is 26.8 Å². The van der Waals surface area contributed by atoms with Crippen molar-refractivity contribution in [3.8, 4) is 0 Å². The fourth-order valence-electron chi connectivity index (χ4n) is 2.07. The first-order valence-corrected chi connectivity index (χ1v) is 6.09. The van der Waals surface area contributed by atoms with Gasteiger partial charge in [-0.15, -0.1) is 0 Å². The number of hydrogen-bond donors (Lipinski definition) is 1. The SMILES string of the molecule is CCC(=CCn1ccc2cc(C)ccc21)C(=O)O. The third-order valence-electron chi connectivity index (χ3n) is 3.12. The van der Waals surface area contributed by atoms with E-state index in [1.807, 2.05) is 13.1 Å². The Labute approximate surface area is 106 Å². The quantitative estimate of drug-likeness (QED) is 0.836. The zero-order valence-electron chi connectivity index (χ0n) is 10.7. The van der Waals surface area contributed by atoms with E-state index in [1.165, 1.54) is 10.9 Å². The van der Waals surface area contributed by atoms with Gasteiger partial charge in [-0.05, 0) is 36.9 Å². The van der Waals surface area contributed by atoms with Crippen molar-refractivity contribution in [1.82, 2.24) is 4.57 Å². The molecule has 0 amide bonds. The predicted molar refractivity (Wildman–Crippen MR) is 72.7 cm³/mol. The zero-order chi connectivity index (χ0) is 13.1. The van der Waals surface area contributed by atoms with Crippen LogP contribution in [0.15, 0.2) is 42.1 Å². The van der Waals surface area contributed by atoms with Crippen LogP contribution >= 0.6 is 0 Å². The summed E-state index contributed by atoms with van der Waals surface area (Å²) in [6.07, 6.45) is 4.32. The molecule has 0 fully saturated rings. The molecule has 0 unspecified atom stereocenters. The first-order valence-electron chi connectivity index (χ1n) is 6.09. The smallest absolute Gasteiger partial charge is 0.331 e. The van der Waals surface area contributed by atoms with Crippen molar-refractivity contribution in [1.29, 1.82) is 0 Å². The third-order valence-corrected chi connectivity index (χ3v) is 3.12. The van der Waals surface area contributed by atoms with Crippen molar-refractivity contribution in [3.05, 3.63) is 47.7 Å². The summed E-state index contributed by atoms with van der Waals surface area (Å²) in [6.45, 7) is 4.52. The van der Waals surface area contributed by atoms with Crippen molar-refractivity contribution in [3.63, 3.8) is 0 Å². The lowest BCUT2D eigenvalue weighted by Crippen LogP contribution is -2.02. The molecule has 1 aromatic carbocycles. The number of aliphatic carboxylic acids is 1. The summed E-state index contributed by atoms with van der Waals surface area (Å²) in [5, 5.41) is 10.2. The average Bonchev–Trinajstić information content (AvgIpc) is 2.72. The Balaban J connectivity index is 2.30. The molecule has 0 bridgehead atoms. The van der Waals surface area contributed by atoms with Crippen LogP contribution < -0.4 is 0 Å². The Morgan fingerprint density at radius 2 is 2.17 bits per heavy atom. The maximum atomic E-state index is 10.9. The van der Waals surface area contributed by atoms with Crippen LogP contribution in [0.4, 0.5) is 0 Å². The lowest BCUT2D eigenvalue weighted by molar-refractivity contribution is -0.132. The molecule has 0 saturated heterocycles. The molecule has 3 heteroatoms. The molecule has 1 aromatic heterocycles. The van der Waals surface area contributed by atoms with Crippen LogP contribution in [0, 0.1) is 6.92 Å². The highest BCUT2D eigenvalue weighted by molar-refractivity contribution is 5.86. The third kappa shape index (κ3) is 2.45. The second-order valence-corrected chi connectivity index (χ2v) is 4.42. The molecule has 94 valence electrons. The number of carbonyl (C=O) groups is 1. The number of carboxylic acids is 1. The van der Waals surface area contributed by atoms with E-state index in [0.29, 0.717) is 18.5 Å². The van der Waals surface area contributed by atoms with Gasteiger partial charge in [0.15, 0.2) is 0 Å². The van der Waals surface area contributed by atoms with E-state index in [1.54, 1.807) is 6.08 Å². The number of nitrogens with zero attached hydrogens (tertiary/aromatic N) is 1. The lowest BCUT2D eigenvalue weighted by Gasteiger charge is -2.03. The highest BCUT2D eigenvalue weighted by Crippen LogP contribution is 2.17. The van der Waals surface area contributed by atoms with Gasteiger partial charge in [0.2, 0.25) is 0 Å². The first kappa shape index (κ1) is 12.4. The summed E-state index contributed by atoms with van der Waals surface area (Å²) < 4.78 is 2.06. The van der Waals surface area contributed by atoms with Crippen molar-refractivity contribution in [2.24, 2.45) is 0 Å². The van der Waals surface area contributed by atoms with Gasteiger partial charge in [0.1, 0.15) is 0 Å². The standard InChI is InChI=1S/C15H17NO2/c1-3-12(15(17)18)6-8-16-9-7-13-10-11(2)4-5-14(13)16/h4-7,9-10H,3,8H2,1-2H3,(H,17,18). The molecule has 0 aliphatic heterocycles. The maximum Gasteiger partial charge on any atom is 0.331 e. The maximum absolute atomic E-state index is 10.9. The van der Waals surface area contributed by atoms with Crippen LogP contribution in [0.2, 0.25) is 0 Å². The molecular formula is C15H17NO2. The summed E-state index contributed by atoms with van der Waals surface area (Å²) in [7, 11) is 0. The molecule has 0 aliphatic rings. The first-order chi connectivity index (χ1) is 8.61. The molecule has 2 rings (SSSR count). The van der Waals surface area contributed by atoms with Crippen LogP contribution in [0.25, 0.3) is 10.9 Å². The fourth-order valence-corrected chi connectivity index (χ4v) is 2.07. The Hall–Kier alpha value is -2.03. The molecule has 0 radical (unpaired) electrons. The van der Waals surface area contributed by atoms with E-state index < -0.39 is 5.97 Å². The van der Waals surface area contributed by atoms with Crippen LogP contribution in [0.1, 0.15) is 18.9 Å². The van der Waals surface area contributed by atoms with Gasteiger partial charge in [0, 0.05) is 23.8 Å². The van der Waals surface area contributed by atoms with Gasteiger partial charge in [-0.1, -0.05) is 24.6 Å². The van der Waals surface area contributed by atoms with Gasteiger partial charge in [0.05, 0.1) is 0 Å². The lowest BCUT2D eigenvalue weighted by atomic mass is 10.2. The number of fused-ring (bicyclic) bond motifs is 1. The molecule has 18 heavy (non-hydrogen) atoms. The number of allylic oxidation sites excluding steroid dienone is 1. The highest BCUT2D eigenvalue weighted by Gasteiger charge is 2.04. The van der Waals surface area contributed by atoms with Crippen LogP contribution in [-0.2, 0) is 11.3 Å². The summed E-state index contributed by atoms with van der Waals surface area (Å²) in [4.78, 5) is 10.9. The van der Waals surface area contributed by atoms with E-state index in [-0.39, 0.29) is 0 Å². The van der Waals surface area contributed by atoms with Crippen LogP contribution in [-0.4, -0.2) is 15.6 Å². The van der Waals surface area contributed by atoms with Crippen molar-refractivity contribution >= 4 is 16.9 Å². The highest BCUT2D eigenvalue weighted by atomic mass is 16.4. The number of rotatable bonds is 4. The van der Waals surface area contributed by atoms with Crippen molar-refractivity contribution in [2.75, 3.05) is 0 Å². The molecule has 0 atom stereocenters. The second kappa shape index (κ2) is 5.08. The molecule has 3 nitrogen and oxygen atoms in total. The molecular weight excluding hydrogens is 226 g/mol. The molecule has 0 aliphatic carbocycles. The van der Waals surface area contributed by atoms with E-state index in [9.17, 15) is 4.79 Å². The Morgan fingerprint density at radius 1 is 1.39 bits per heavy atom. The largest absolute Gasteiger partial charge is 0.478 e. The molecule has 0 saturated carbocycles. The van der Waals surface area contributed by atoms with Gasteiger partial charge in [-0.3, -0.25) is 0 Å². The predicted octanol–water partition coefficient (Wildman–Crippen LogP) is 3.37. The van der Waals surface area contributed by atoms with E-state index in [2.05, 4.69) is 35.8 Å². The second-order valence-electron chi connectivity index (χ2n) is 4.42. The van der Waals surface area contributed by atoms with E-state index in [4.69, 9.17) is 5.11 Å². The van der Waals surface area contributed by atoms with Gasteiger partial charge in [0.25, 0.3) is 0 Å². The Bertz CT molecular complexity index is 608. The number of benzene rings is 1. The average molecular weight is 243 g/mol. The van der Waals surface area contributed by atoms with Crippen LogP contribution in [0.5, 0.6) is 0 Å². The molecule has 1 heterocycles. The topological polar surface area (TPSA) is 42.2 Å². The Morgan fingerprint density at radius 3 is 2.83 bits per heavy atom. The summed E-state index contributed by atoms with van der Waals surface area (Å²) >= 11 is 0. The number of hydrogen-bond acceptors (Lipinski definition) is 1. The number of carboxylic acid groups (broad SMARTS) is 1. The minimum Gasteiger partial charge on any atom is -0.478 e. The summed E-state index contributed by atoms with van der Waals surface area (Å²) in [5.74, 6) is -0.829. The summed E-state index contributed by atoms with van der Waals surface area (Å²) in [6, 6.07) is 8.33. The monoisotopic (exact) mass is 243 g/mol. The Kier molecular flexibility index (Phi) is 3.51. The van der Waals surface area contributed by atoms with Gasteiger partial charge < -0.3 is 9.67 Å². The van der Waals surface area contributed by atoms with Gasteiger partial charge >= 0.3 is 5.97 Å². The van der Waals surface area contributed by atoms with Gasteiger partial charge in [-0.25, -0.2) is 4.79 Å². The number of aryl methyl sites for hydroxylation is 1. The zero-order valence-corrected chi connectivity index (χ0v) is 10.7. The molecule has 0 spiro atoms. The normalized spacial score (nSPS) is 12.0. The fraction of sp³-hybridized carbons (Fsp3) is 0.267. The molecule has 2 aromatic rings. The van der Waals surface area contributed by atoms with E-state index in [0.717, 1.165) is 5.52 Å². The van der Waals surface area contributed by atoms with Crippen LogP contribution in [0.3, 0.4) is 0 Å². The molecule has 1 N–H and O–H groups in total. The van der Waals surface area contributed by atoms with Crippen molar-refractivity contribution < 1.29 is 9.90 Å².